The quantitative estimate of drug-likeness (QED) is 0.583. The van der Waals surface area contributed by atoms with Crippen molar-refractivity contribution in [2.75, 3.05) is 13.7 Å². The molecule has 0 unspecified atom stereocenters. The van der Waals surface area contributed by atoms with Gasteiger partial charge in [0.2, 0.25) is 0 Å². The van der Waals surface area contributed by atoms with E-state index in [-0.39, 0.29) is 5.41 Å². The van der Waals surface area contributed by atoms with E-state index in [1.54, 1.807) is 7.11 Å². The van der Waals surface area contributed by atoms with E-state index in [1.807, 2.05) is 12.1 Å². The molecule has 26 heavy (non-hydrogen) atoms. The van der Waals surface area contributed by atoms with Crippen LogP contribution in [0.4, 0.5) is 0 Å². The smallest absolute Gasteiger partial charge is 0.128 e. The van der Waals surface area contributed by atoms with Crippen LogP contribution in [0.15, 0.2) is 42.5 Å². The summed E-state index contributed by atoms with van der Waals surface area (Å²) in [7, 11) is 1.73. The minimum absolute atomic E-state index is 0.130. The van der Waals surface area contributed by atoms with E-state index in [0.29, 0.717) is 0 Å². The zero-order valence-corrected chi connectivity index (χ0v) is 16.4. The maximum atomic E-state index is 5.73. The first kappa shape index (κ1) is 18.5. The van der Waals surface area contributed by atoms with Gasteiger partial charge >= 0.3 is 0 Å². The molecule has 0 bridgehead atoms. The van der Waals surface area contributed by atoms with E-state index in [1.165, 1.54) is 27.7 Å². The van der Waals surface area contributed by atoms with Crippen molar-refractivity contribution in [2.45, 2.75) is 45.4 Å². The molecule has 1 heterocycles. The molecule has 0 aliphatic rings. The third-order valence-corrected chi connectivity index (χ3v) is 5.03. The summed E-state index contributed by atoms with van der Waals surface area (Å²) < 4.78 is 5.61. The number of hydrogen-bond donors (Lipinski definition) is 2. The van der Waals surface area contributed by atoms with Gasteiger partial charge in [0.25, 0.3) is 0 Å². The highest BCUT2D eigenvalue weighted by molar-refractivity contribution is 5.92. The maximum absolute atomic E-state index is 5.73. The van der Waals surface area contributed by atoms with Crippen molar-refractivity contribution in [3.05, 3.63) is 53.6 Å². The van der Waals surface area contributed by atoms with Crippen LogP contribution in [0.25, 0.3) is 22.2 Å². The maximum Gasteiger partial charge on any atom is 0.128 e. The number of fused-ring (bicyclic) bond motifs is 1. The highest BCUT2D eigenvalue weighted by Gasteiger charge is 2.19. The zero-order valence-electron chi connectivity index (χ0n) is 16.4. The van der Waals surface area contributed by atoms with Crippen LogP contribution in [0.1, 0.15) is 44.7 Å². The highest BCUT2D eigenvalue weighted by Crippen LogP contribution is 2.38. The molecular weight excluding hydrogens is 320 g/mol. The van der Waals surface area contributed by atoms with Crippen LogP contribution < -0.4 is 10.5 Å². The van der Waals surface area contributed by atoms with E-state index < -0.39 is 0 Å². The number of aromatic amines is 1. The first-order valence-corrected chi connectivity index (χ1v) is 9.44. The lowest BCUT2D eigenvalue weighted by Gasteiger charge is -2.19. The topological polar surface area (TPSA) is 51.0 Å². The molecule has 0 spiro atoms. The summed E-state index contributed by atoms with van der Waals surface area (Å²) in [5, 5.41) is 1.32. The fourth-order valence-corrected chi connectivity index (χ4v) is 3.50. The molecule has 0 saturated heterocycles. The van der Waals surface area contributed by atoms with E-state index in [4.69, 9.17) is 10.5 Å². The monoisotopic (exact) mass is 350 g/mol. The molecule has 0 aliphatic heterocycles. The van der Waals surface area contributed by atoms with Gasteiger partial charge in [0.1, 0.15) is 5.75 Å². The van der Waals surface area contributed by atoms with Crippen LogP contribution in [0, 0.1) is 0 Å². The van der Waals surface area contributed by atoms with Gasteiger partial charge in [0.05, 0.1) is 12.8 Å². The molecule has 0 radical (unpaired) electrons. The van der Waals surface area contributed by atoms with Gasteiger partial charge in [-0.1, -0.05) is 39.0 Å². The van der Waals surface area contributed by atoms with Crippen molar-refractivity contribution in [2.24, 2.45) is 5.73 Å². The third kappa shape index (κ3) is 3.63. The van der Waals surface area contributed by atoms with Gasteiger partial charge in [-0.05, 0) is 66.6 Å². The van der Waals surface area contributed by atoms with E-state index >= 15 is 0 Å². The Morgan fingerprint density at radius 2 is 1.81 bits per heavy atom. The fourth-order valence-electron chi connectivity index (χ4n) is 3.50. The summed E-state index contributed by atoms with van der Waals surface area (Å²) in [6.45, 7) is 7.52. The number of benzene rings is 2. The van der Waals surface area contributed by atoms with Crippen LogP contribution in [-0.2, 0) is 11.8 Å². The molecule has 3 rings (SSSR count). The van der Waals surface area contributed by atoms with Gasteiger partial charge in [-0.3, -0.25) is 0 Å². The second-order valence-corrected chi connectivity index (χ2v) is 7.93. The molecule has 2 aromatic carbocycles. The Labute approximate surface area is 156 Å². The van der Waals surface area contributed by atoms with Crippen molar-refractivity contribution >= 4 is 10.9 Å². The Morgan fingerprint density at radius 1 is 1.04 bits per heavy atom. The normalized spacial score (nSPS) is 11.9. The third-order valence-electron chi connectivity index (χ3n) is 5.03. The minimum atomic E-state index is 0.130. The number of rotatable bonds is 6. The Hall–Kier alpha value is -2.26. The molecule has 3 aromatic rings. The van der Waals surface area contributed by atoms with Crippen molar-refractivity contribution in [3.8, 4) is 17.0 Å². The lowest BCUT2D eigenvalue weighted by molar-refractivity contribution is 0.416. The number of ether oxygens (including phenoxy) is 1. The Balaban J connectivity index is 2.19. The number of hydrogen-bond acceptors (Lipinski definition) is 2. The minimum Gasteiger partial charge on any atom is -0.496 e. The molecule has 3 heteroatoms. The number of nitrogens with two attached hydrogens (primary N) is 1. The lowest BCUT2D eigenvalue weighted by atomic mass is 9.86. The molecule has 0 atom stereocenters. The van der Waals surface area contributed by atoms with Crippen molar-refractivity contribution < 1.29 is 4.74 Å². The number of para-hydroxylation sites is 1. The van der Waals surface area contributed by atoms with Crippen molar-refractivity contribution in [1.29, 1.82) is 0 Å². The Kier molecular flexibility index (Phi) is 5.38. The predicted molar refractivity (Wildman–Crippen MR) is 111 cm³/mol. The summed E-state index contributed by atoms with van der Waals surface area (Å²) in [5.74, 6) is 0.898. The largest absolute Gasteiger partial charge is 0.496 e. The fraction of sp³-hybridized carbons (Fsp3) is 0.391. The van der Waals surface area contributed by atoms with Gasteiger partial charge in [0.15, 0.2) is 0 Å². The van der Waals surface area contributed by atoms with Crippen molar-refractivity contribution in [3.63, 3.8) is 0 Å². The first-order valence-electron chi connectivity index (χ1n) is 9.44. The van der Waals surface area contributed by atoms with Gasteiger partial charge < -0.3 is 15.5 Å². The van der Waals surface area contributed by atoms with Gasteiger partial charge in [-0.15, -0.1) is 0 Å². The van der Waals surface area contributed by atoms with Crippen LogP contribution in [0.5, 0.6) is 5.75 Å². The molecular formula is C23H30N2O. The molecule has 1 aromatic heterocycles. The number of H-pyrrole nitrogens is 1. The average molecular weight is 351 g/mol. The molecule has 3 nitrogen and oxygen atoms in total. The average Bonchev–Trinajstić information content (AvgIpc) is 2.99. The van der Waals surface area contributed by atoms with Gasteiger partial charge in [-0.2, -0.15) is 0 Å². The van der Waals surface area contributed by atoms with Crippen molar-refractivity contribution in [1.82, 2.24) is 4.98 Å². The summed E-state index contributed by atoms with van der Waals surface area (Å²) in [6.07, 6.45) is 3.14. The standard InChI is InChI=1S/C23H30N2O/c1-23(2,3)16-12-13-20-19(15-16)17(9-7-8-14-24)22(25-20)18-10-5-6-11-21(18)26-4/h5-6,10-13,15,25H,7-9,14,24H2,1-4H3. The second kappa shape index (κ2) is 7.55. The molecule has 0 saturated carbocycles. The summed E-state index contributed by atoms with van der Waals surface area (Å²) >= 11 is 0. The molecule has 0 aliphatic carbocycles. The van der Waals surface area contributed by atoms with Gasteiger partial charge in [0, 0.05) is 16.5 Å². The number of methoxy groups -OCH3 is 1. The van der Waals surface area contributed by atoms with Crippen LogP contribution in [0.3, 0.4) is 0 Å². The highest BCUT2D eigenvalue weighted by atomic mass is 16.5. The van der Waals surface area contributed by atoms with Crippen LogP contribution in [-0.4, -0.2) is 18.6 Å². The SMILES string of the molecule is COc1ccccc1-c1[nH]c2ccc(C(C)(C)C)cc2c1CCCCN. The molecule has 0 fully saturated rings. The number of aryl methyl sites for hydroxylation is 1. The van der Waals surface area contributed by atoms with Crippen LogP contribution in [0.2, 0.25) is 0 Å². The zero-order chi connectivity index (χ0) is 18.7. The number of nitrogens with one attached hydrogen (secondary N) is 1. The van der Waals surface area contributed by atoms with E-state index in [2.05, 4.69) is 56.1 Å². The predicted octanol–water partition coefficient (Wildman–Crippen LogP) is 5.42. The van der Waals surface area contributed by atoms with Crippen LogP contribution >= 0.6 is 0 Å². The number of aromatic nitrogens is 1. The Bertz CT molecular complexity index is 887. The first-order chi connectivity index (χ1) is 12.5. The molecule has 3 N–H and O–H groups in total. The van der Waals surface area contributed by atoms with E-state index in [0.717, 1.165) is 37.1 Å². The molecule has 0 amide bonds. The molecule has 138 valence electrons. The summed E-state index contributed by atoms with van der Waals surface area (Å²) in [6, 6.07) is 15.0. The van der Waals surface area contributed by atoms with Gasteiger partial charge in [-0.25, -0.2) is 0 Å². The van der Waals surface area contributed by atoms with E-state index in [9.17, 15) is 0 Å². The summed E-state index contributed by atoms with van der Waals surface area (Å²) in [5.41, 5.74) is 12.0. The summed E-state index contributed by atoms with van der Waals surface area (Å²) in [4.78, 5) is 3.65. The second-order valence-electron chi connectivity index (χ2n) is 7.93. The lowest BCUT2D eigenvalue weighted by Crippen LogP contribution is -2.10. The Morgan fingerprint density at radius 3 is 2.50 bits per heavy atom. The number of unbranched alkanes of at least 4 members (excludes halogenated alkanes) is 1.